The molecule has 0 bridgehead atoms. The number of benzene rings is 2. The lowest BCUT2D eigenvalue weighted by Gasteiger charge is -2.06. The second-order valence-electron chi connectivity index (χ2n) is 6.10. The van der Waals surface area contributed by atoms with Crippen LogP contribution in [0, 0.1) is 0 Å². The first kappa shape index (κ1) is 17.3. The first-order chi connectivity index (χ1) is 11.2. The van der Waals surface area contributed by atoms with Gasteiger partial charge in [-0.15, -0.1) is 0 Å². The smallest absolute Gasteiger partial charge is 0.303 e. The fourth-order valence-corrected chi connectivity index (χ4v) is 2.73. The van der Waals surface area contributed by atoms with Crippen molar-refractivity contribution in [1.29, 1.82) is 0 Å². The predicted octanol–water partition coefficient (Wildman–Crippen LogP) is 5.49. The third-order valence-corrected chi connectivity index (χ3v) is 4.19. The summed E-state index contributed by atoms with van der Waals surface area (Å²) < 4.78 is 0. The molecular formula is C21H26O2. The fourth-order valence-electron chi connectivity index (χ4n) is 2.73. The molecule has 2 rings (SSSR count). The Bertz CT molecular complexity index is 597. The zero-order valence-corrected chi connectivity index (χ0v) is 13.9. The molecule has 122 valence electrons. The van der Waals surface area contributed by atoms with Crippen LogP contribution in [0.25, 0.3) is 11.1 Å². The Morgan fingerprint density at radius 1 is 0.783 bits per heavy atom. The first-order valence-corrected chi connectivity index (χ1v) is 8.59. The summed E-state index contributed by atoms with van der Waals surface area (Å²) in [5, 5.41) is 8.72. The van der Waals surface area contributed by atoms with Gasteiger partial charge in [-0.3, -0.25) is 4.79 Å². The van der Waals surface area contributed by atoms with E-state index >= 15 is 0 Å². The molecule has 0 aliphatic heterocycles. The molecule has 0 amide bonds. The van der Waals surface area contributed by atoms with Crippen LogP contribution in [0.4, 0.5) is 0 Å². The summed E-state index contributed by atoms with van der Waals surface area (Å²) in [6.07, 6.45) is 7.13. The molecule has 0 aromatic heterocycles. The number of aryl methyl sites for hydroxylation is 2. The molecule has 2 heteroatoms. The molecule has 2 nitrogen and oxygen atoms in total. The molecule has 0 saturated carbocycles. The van der Waals surface area contributed by atoms with Gasteiger partial charge in [-0.1, -0.05) is 74.7 Å². The Balaban J connectivity index is 1.92. The lowest BCUT2D eigenvalue weighted by Crippen LogP contribution is -1.97. The largest absolute Gasteiger partial charge is 0.481 e. The highest BCUT2D eigenvalue weighted by Gasteiger charge is 2.02. The zero-order chi connectivity index (χ0) is 16.5. The number of carboxylic acids is 1. The second kappa shape index (κ2) is 9.14. The normalized spacial score (nSPS) is 10.7. The summed E-state index contributed by atoms with van der Waals surface area (Å²) in [5.41, 5.74) is 4.88. The van der Waals surface area contributed by atoms with Gasteiger partial charge in [-0.25, -0.2) is 0 Å². The van der Waals surface area contributed by atoms with Gasteiger partial charge >= 0.3 is 5.97 Å². The van der Waals surface area contributed by atoms with E-state index in [0.717, 1.165) is 12.0 Å². The Labute approximate surface area is 139 Å². The van der Waals surface area contributed by atoms with Crippen LogP contribution in [0.1, 0.15) is 50.2 Å². The maximum Gasteiger partial charge on any atom is 0.303 e. The van der Waals surface area contributed by atoms with Gasteiger partial charge in [0.25, 0.3) is 0 Å². The van der Waals surface area contributed by atoms with Crippen molar-refractivity contribution in [3.05, 3.63) is 59.7 Å². The SMILES string of the molecule is CCCCCCc1ccc(-c2ccc(CCC(=O)O)cc2)cc1. The van der Waals surface area contributed by atoms with E-state index in [2.05, 4.69) is 43.3 Å². The van der Waals surface area contributed by atoms with Gasteiger partial charge < -0.3 is 5.11 Å². The van der Waals surface area contributed by atoms with Crippen molar-refractivity contribution >= 4 is 5.97 Å². The highest BCUT2D eigenvalue weighted by atomic mass is 16.4. The third-order valence-electron chi connectivity index (χ3n) is 4.19. The molecule has 0 atom stereocenters. The van der Waals surface area contributed by atoms with Crippen molar-refractivity contribution in [1.82, 2.24) is 0 Å². The van der Waals surface area contributed by atoms with Gasteiger partial charge in [0.15, 0.2) is 0 Å². The minimum absolute atomic E-state index is 0.187. The lowest BCUT2D eigenvalue weighted by molar-refractivity contribution is -0.136. The molecule has 0 fully saturated rings. The number of carbonyl (C=O) groups is 1. The van der Waals surface area contributed by atoms with E-state index in [1.807, 2.05) is 12.1 Å². The molecule has 1 N–H and O–H groups in total. The van der Waals surface area contributed by atoms with E-state index in [4.69, 9.17) is 5.11 Å². The van der Waals surface area contributed by atoms with Gasteiger partial charge in [0.2, 0.25) is 0 Å². The molecule has 0 radical (unpaired) electrons. The Kier molecular flexibility index (Phi) is 6.86. The molecule has 0 aliphatic carbocycles. The van der Waals surface area contributed by atoms with Gasteiger partial charge in [-0.2, -0.15) is 0 Å². The zero-order valence-electron chi connectivity index (χ0n) is 13.9. The summed E-state index contributed by atoms with van der Waals surface area (Å²) in [5.74, 6) is -0.747. The van der Waals surface area contributed by atoms with Crippen LogP contribution < -0.4 is 0 Å². The van der Waals surface area contributed by atoms with Crippen molar-refractivity contribution in [2.45, 2.75) is 51.9 Å². The quantitative estimate of drug-likeness (QED) is 0.621. The van der Waals surface area contributed by atoms with E-state index < -0.39 is 5.97 Å². The maximum absolute atomic E-state index is 10.6. The first-order valence-electron chi connectivity index (χ1n) is 8.59. The van der Waals surface area contributed by atoms with Gasteiger partial charge in [-0.05, 0) is 41.5 Å². The summed E-state index contributed by atoms with van der Waals surface area (Å²) in [4.78, 5) is 10.6. The van der Waals surface area contributed by atoms with Crippen LogP contribution in [0.2, 0.25) is 0 Å². The molecule has 0 unspecified atom stereocenters. The Morgan fingerprint density at radius 3 is 1.78 bits per heavy atom. The van der Waals surface area contributed by atoms with Crippen LogP contribution in [0.15, 0.2) is 48.5 Å². The van der Waals surface area contributed by atoms with Crippen LogP contribution in [-0.2, 0) is 17.6 Å². The fraction of sp³-hybridized carbons (Fsp3) is 0.381. The summed E-state index contributed by atoms with van der Waals surface area (Å²) in [6.45, 7) is 2.24. The van der Waals surface area contributed by atoms with Crippen molar-refractivity contribution in [2.24, 2.45) is 0 Å². The minimum atomic E-state index is -0.747. The Hall–Kier alpha value is -2.09. The standard InChI is InChI=1S/C21H26O2/c1-2-3-4-5-6-17-7-12-19(13-8-17)20-14-9-18(10-15-20)11-16-21(22)23/h7-10,12-15H,2-6,11,16H2,1H3,(H,22,23). The van der Waals surface area contributed by atoms with Crippen molar-refractivity contribution < 1.29 is 9.90 Å². The average Bonchev–Trinajstić information content (AvgIpc) is 2.58. The van der Waals surface area contributed by atoms with Gasteiger partial charge in [0.1, 0.15) is 0 Å². The Morgan fingerprint density at radius 2 is 1.30 bits per heavy atom. The van der Waals surface area contributed by atoms with E-state index in [0.29, 0.717) is 6.42 Å². The van der Waals surface area contributed by atoms with Crippen LogP contribution in [-0.4, -0.2) is 11.1 Å². The molecular weight excluding hydrogens is 284 g/mol. The topological polar surface area (TPSA) is 37.3 Å². The number of carboxylic acid groups (broad SMARTS) is 1. The molecule has 0 saturated heterocycles. The summed E-state index contributed by atoms with van der Waals surface area (Å²) >= 11 is 0. The number of rotatable bonds is 9. The van der Waals surface area contributed by atoms with E-state index in [9.17, 15) is 4.79 Å². The van der Waals surface area contributed by atoms with Gasteiger partial charge in [0, 0.05) is 6.42 Å². The maximum atomic E-state index is 10.6. The van der Waals surface area contributed by atoms with E-state index in [1.54, 1.807) is 0 Å². The average molecular weight is 310 g/mol. The minimum Gasteiger partial charge on any atom is -0.481 e. The van der Waals surface area contributed by atoms with Crippen molar-refractivity contribution in [3.63, 3.8) is 0 Å². The highest BCUT2D eigenvalue weighted by Crippen LogP contribution is 2.21. The predicted molar refractivity (Wildman–Crippen MR) is 95.7 cm³/mol. The number of aliphatic carboxylic acids is 1. The third kappa shape index (κ3) is 5.90. The summed E-state index contributed by atoms with van der Waals surface area (Å²) in [7, 11) is 0. The second-order valence-corrected chi connectivity index (χ2v) is 6.10. The highest BCUT2D eigenvalue weighted by molar-refractivity contribution is 5.67. The molecule has 0 heterocycles. The lowest BCUT2D eigenvalue weighted by atomic mass is 9.99. The molecule has 2 aromatic carbocycles. The molecule has 23 heavy (non-hydrogen) atoms. The van der Waals surface area contributed by atoms with Crippen molar-refractivity contribution in [2.75, 3.05) is 0 Å². The molecule has 0 spiro atoms. The number of hydrogen-bond donors (Lipinski definition) is 1. The van der Waals surface area contributed by atoms with Crippen molar-refractivity contribution in [3.8, 4) is 11.1 Å². The van der Waals surface area contributed by atoms with E-state index in [1.165, 1.54) is 42.4 Å². The number of hydrogen-bond acceptors (Lipinski definition) is 1. The summed E-state index contributed by atoms with van der Waals surface area (Å²) in [6, 6.07) is 17.0. The molecule has 2 aromatic rings. The van der Waals surface area contributed by atoms with Crippen LogP contribution >= 0.6 is 0 Å². The molecule has 0 aliphatic rings. The van der Waals surface area contributed by atoms with E-state index in [-0.39, 0.29) is 6.42 Å². The van der Waals surface area contributed by atoms with Crippen LogP contribution in [0.5, 0.6) is 0 Å². The van der Waals surface area contributed by atoms with Crippen LogP contribution in [0.3, 0.4) is 0 Å². The van der Waals surface area contributed by atoms with Gasteiger partial charge in [0.05, 0.1) is 0 Å². The number of unbranched alkanes of at least 4 members (excludes halogenated alkanes) is 3. The monoisotopic (exact) mass is 310 g/mol.